The Bertz CT molecular complexity index is 501. The van der Waals surface area contributed by atoms with E-state index in [4.69, 9.17) is 23.1 Å². The van der Waals surface area contributed by atoms with Gasteiger partial charge in [-0.1, -0.05) is 17.7 Å². The van der Waals surface area contributed by atoms with E-state index in [-0.39, 0.29) is 22.9 Å². The normalized spacial score (nSPS) is 14.5. The second-order valence-corrected chi connectivity index (χ2v) is 5.01. The highest BCUT2D eigenvalue weighted by Gasteiger charge is 2.18. The summed E-state index contributed by atoms with van der Waals surface area (Å²) >= 11 is 7.43. The summed E-state index contributed by atoms with van der Waals surface area (Å²) in [6.07, 6.45) is 0. The average molecular weight is 269 g/mol. The molecule has 0 aliphatic rings. The summed E-state index contributed by atoms with van der Waals surface area (Å²) in [6.45, 7) is 0. The fourth-order valence-electron chi connectivity index (χ4n) is 1.61. The summed E-state index contributed by atoms with van der Waals surface area (Å²) in [7, 11) is 0. The third-order valence-electron chi connectivity index (χ3n) is 2.67. The molecular formula is C12H13ClN2OS. The number of benzene rings is 1. The highest BCUT2D eigenvalue weighted by atomic mass is 35.5. The molecule has 5 heteroatoms. The largest absolute Gasteiger partial charge is 0.506 e. The number of hydrogen-bond acceptors (Lipinski definition) is 4. The smallest absolute Gasteiger partial charge is 0.134 e. The van der Waals surface area contributed by atoms with Crippen LogP contribution in [0.3, 0.4) is 0 Å². The van der Waals surface area contributed by atoms with Crippen LogP contribution in [0.25, 0.3) is 0 Å². The Balaban J connectivity index is 2.24. The average Bonchev–Trinajstić information content (AvgIpc) is 2.84. The molecule has 1 aromatic carbocycles. The van der Waals surface area contributed by atoms with Crippen molar-refractivity contribution in [3.63, 3.8) is 0 Å². The molecule has 5 N–H and O–H groups in total. The van der Waals surface area contributed by atoms with Gasteiger partial charge in [-0.3, -0.25) is 0 Å². The molecule has 0 saturated heterocycles. The monoisotopic (exact) mass is 268 g/mol. The van der Waals surface area contributed by atoms with Crippen LogP contribution in [-0.4, -0.2) is 5.11 Å². The van der Waals surface area contributed by atoms with Crippen LogP contribution in [0.15, 0.2) is 35.0 Å². The minimum atomic E-state index is -0.345. The second kappa shape index (κ2) is 5.06. The number of rotatable bonds is 3. The molecule has 0 aliphatic heterocycles. The molecule has 0 spiro atoms. The molecule has 0 radical (unpaired) electrons. The van der Waals surface area contributed by atoms with Crippen molar-refractivity contribution in [2.24, 2.45) is 11.5 Å². The van der Waals surface area contributed by atoms with Crippen molar-refractivity contribution in [1.29, 1.82) is 0 Å². The lowest BCUT2D eigenvalue weighted by molar-refractivity contribution is 0.474. The summed E-state index contributed by atoms with van der Waals surface area (Å²) in [5.41, 5.74) is 14.0. The van der Waals surface area contributed by atoms with E-state index in [1.165, 1.54) is 6.07 Å². The summed E-state index contributed by atoms with van der Waals surface area (Å²) in [5.74, 6) is 0.0479. The number of phenols is 1. The molecule has 17 heavy (non-hydrogen) atoms. The van der Waals surface area contributed by atoms with Crippen molar-refractivity contribution in [3.8, 4) is 5.75 Å². The maximum absolute atomic E-state index is 9.35. The topological polar surface area (TPSA) is 72.3 Å². The van der Waals surface area contributed by atoms with E-state index in [2.05, 4.69) is 0 Å². The Morgan fingerprint density at radius 1 is 1.12 bits per heavy atom. The second-order valence-electron chi connectivity index (χ2n) is 3.82. The molecular weight excluding hydrogens is 256 g/mol. The van der Waals surface area contributed by atoms with E-state index in [0.717, 1.165) is 11.1 Å². The first kappa shape index (κ1) is 12.4. The quantitative estimate of drug-likeness (QED) is 0.801. The number of nitrogens with two attached hydrogens (primary N) is 2. The van der Waals surface area contributed by atoms with Crippen LogP contribution in [0.1, 0.15) is 23.2 Å². The number of phenolic OH excluding ortho intramolecular Hbond substituents is 1. The van der Waals surface area contributed by atoms with Crippen LogP contribution >= 0.6 is 22.9 Å². The van der Waals surface area contributed by atoms with Crippen molar-refractivity contribution < 1.29 is 5.11 Å². The zero-order valence-corrected chi connectivity index (χ0v) is 10.6. The van der Waals surface area contributed by atoms with Crippen molar-refractivity contribution >= 4 is 22.9 Å². The van der Waals surface area contributed by atoms with Gasteiger partial charge in [0.25, 0.3) is 0 Å². The predicted molar refractivity (Wildman–Crippen MR) is 71.3 cm³/mol. The lowest BCUT2D eigenvalue weighted by Gasteiger charge is -2.19. The maximum atomic E-state index is 9.35. The number of hydrogen-bond donors (Lipinski definition) is 3. The van der Waals surface area contributed by atoms with Gasteiger partial charge in [0, 0.05) is 12.1 Å². The SMILES string of the molecule is NC(c1ccsc1)C(N)c1ccc(O)c(Cl)c1. The van der Waals surface area contributed by atoms with Gasteiger partial charge < -0.3 is 16.6 Å². The summed E-state index contributed by atoms with van der Waals surface area (Å²) in [6, 6.07) is 6.24. The minimum absolute atomic E-state index is 0.0479. The predicted octanol–water partition coefficient (Wildman–Crippen LogP) is 2.81. The van der Waals surface area contributed by atoms with Gasteiger partial charge in [-0.15, -0.1) is 0 Å². The summed E-state index contributed by atoms with van der Waals surface area (Å²) in [5, 5.41) is 13.6. The van der Waals surface area contributed by atoms with Crippen LogP contribution in [0.4, 0.5) is 0 Å². The maximum Gasteiger partial charge on any atom is 0.134 e. The van der Waals surface area contributed by atoms with E-state index in [1.807, 2.05) is 16.8 Å². The first-order valence-electron chi connectivity index (χ1n) is 5.11. The Morgan fingerprint density at radius 3 is 2.41 bits per heavy atom. The van der Waals surface area contributed by atoms with Gasteiger partial charge in [0.05, 0.1) is 5.02 Å². The van der Waals surface area contributed by atoms with Gasteiger partial charge in [-0.25, -0.2) is 0 Å². The van der Waals surface area contributed by atoms with Crippen molar-refractivity contribution in [1.82, 2.24) is 0 Å². The van der Waals surface area contributed by atoms with Crippen molar-refractivity contribution in [2.45, 2.75) is 12.1 Å². The third kappa shape index (κ3) is 2.61. The van der Waals surface area contributed by atoms with E-state index < -0.39 is 0 Å². The summed E-state index contributed by atoms with van der Waals surface area (Å²) < 4.78 is 0. The Morgan fingerprint density at radius 2 is 1.82 bits per heavy atom. The summed E-state index contributed by atoms with van der Waals surface area (Å²) in [4.78, 5) is 0. The fraction of sp³-hybridized carbons (Fsp3) is 0.167. The van der Waals surface area contributed by atoms with E-state index in [1.54, 1.807) is 23.5 Å². The van der Waals surface area contributed by atoms with Crippen molar-refractivity contribution in [2.75, 3.05) is 0 Å². The molecule has 90 valence electrons. The van der Waals surface area contributed by atoms with E-state index in [9.17, 15) is 5.11 Å². The molecule has 3 nitrogen and oxygen atoms in total. The van der Waals surface area contributed by atoms with Gasteiger partial charge in [0.2, 0.25) is 0 Å². The van der Waals surface area contributed by atoms with Crippen LogP contribution < -0.4 is 11.5 Å². The molecule has 1 heterocycles. The highest BCUT2D eigenvalue weighted by molar-refractivity contribution is 7.07. The number of aromatic hydroxyl groups is 1. The molecule has 0 saturated carbocycles. The van der Waals surface area contributed by atoms with Gasteiger partial charge in [0.15, 0.2) is 0 Å². The lowest BCUT2D eigenvalue weighted by Crippen LogP contribution is -2.26. The van der Waals surface area contributed by atoms with Crippen LogP contribution in [-0.2, 0) is 0 Å². The highest BCUT2D eigenvalue weighted by Crippen LogP contribution is 2.30. The molecule has 2 unspecified atom stereocenters. The van der Waals surface area contributed by atoms with Crippen molar-refractivity contribution in [3.05, 3.63) is 51.2 Å². The Kier molecular flexibility index (Phi) is 3.69. The van der Waals surface area contributed by atoms with Gasteiger partial charge in [-0.05, 0) is 40.1 Å². The number of halogens is 1. The first-order chi connectivity index (χ1) is 8.09. The van der Waals surface area contributed by atoms with Gasteiger partial charge in [-0.2, -0.15) is 11.3 Å². The van der Waals surface area contributed by atoms with Gasteiger partial charge >= 0.3 is 0 Å². The fourth-order valence-corrected chi connectivity index (χ4v) is 2.51. The van der Waals surface area contributed by atoms with Crippen LogP contribution in [0.5, 0.6) is 5.75 Å². The number of thiophene rings is 1. The lowest BCUT2D eigenvalue weighted by atomic mass is 9.97. The van der Waals surface area contributed by atoms with Crippen LogP contribution in [0, 0.1) is 0 Å². The molecule has 0 fully saturated rings. The Labute approximate surface area is 109 Å². The molecule has 0 aliphatic carbocycles. The minimum Gasteiger partial charge on any atom is -0.506 e. The molecule has 2 aromatic rings. The molecule has 1 aromatic heterocycles. The Hall–Kier alpha value is -1.07. The van der Waals surface area contributed by atoms with Gasteiger partial charge in [0.1, 0.15) is 5.75 Å². The van der Waals surface area contributed by atoms with E-state index in [0.29, 0.717) is 0 Å². The molecule has 0 bridgehead atoms. The first-order valence-corrected chi connectivity index (χ1v) is 6.43. The molecule has 2 rings (SSSR count). The zero-order valence-electron chi connectivity index (χ0n) is 9.01. The standard InChI is InChI=1S/C12H13ClN2OS/c13-9-5-7(1-2-10(9)16)11(14)12(15)8-3-4-17-6-8/h1-6,11-12,16H,14-15H2. The molecule has 0 amide bonds. The molecule has 2 atom stereocenters. The van der Waals surface area contributed by atoms with Crippen LogP contribution in [0.2, 0.25) is 5.02 Å². The third-order valence-corrected chi connectivity index (χ3v) is 3.68. The van der Waals surface area contributed by atoms with E-state index >= 15 is 0 Å². The zero-order chi connectivity index (χ0) is 12.4.